The monoisotopic (exact) mass is 263 g/mol. The number of rotatable bonds is 4. The van der Waals surface area contributed by atoms with E-state index in [9.17, 15) is 14.4 Å². The van der Waals surface area contributed by atoms with Crippen LogP contribution in [0.2, 0.25) is 0 Å². The van der Waals surface area contributed by atoms with Gasteiger partial charge in [-0.05, 0) is 24.1 Å². The number of piperidine rings is 1. The Kier molecular flexibility index (Phi) is 3.79. The van der Waals surface area contributed by atoms with Crippen LogP contribution in [0.15, 0.2) is 24.3 Å². The van der Waals surface area contributed by atoms with E-state index in [4.69, 9.17) is 9.84 Å². The Morgan fingerprint density at radius 3 is 2.58 bits per heavy atom. The number of hydrogen-bond donors (Lipinski definition) is 2. The molecule has 2 rings (SSSR count). The second-order valence-corrected chi connectivity index (χ2v) is 4.26. The van der Waals surface area contributed by atoms with Gasteiger partial charge in [0.1, 0.15) is 5.75 Å². The minimum absolute atomic E-state index is 0.248. The number of carbonyl (C=O) groups is 3. The normalized spacial score (nSPS) is 18.8. The number of aliphatic carboxylic acids is 1. The van der Waals surface area contributed by atoms with Crippen LogP contribution in [0, 0.1) is 0 Å². The first kappa shape index (κ1) is 13.1. The molecule has 1 aliphatic rings. The van der Waals surface area contributed by atoms with Crippen molar-refractivity contribution < 1.29 is 24.2 Å². The molecule has 1 fully saturated rings. The molecule has 0 aromatic heterocycles. The molecule has 0 aliphatic carbocycles. The molecule has 1 aliphatic heterocycles. The Bertz CT molecular complexity index is 508. The van der Waals surface area contributed by atoms with Gasteiger partial charge in [-0.3, -0.25) is 14.9 Å². The quantitative estimate of drug-likeness (QED) is 0.779. The second kappa shape index (κ2) is 5.51. The molecule has 1 aromatic carbocycles. The van der Waals surface area contributed by atoms with Crippen molar-refractivity contribution in [2.24, 2.45) is 0 Å². The lowest BCUT2D eigenvalue weighted by atomic mass is 9.90. The van der Waals surface area contributed by atoms with Crippen LogP contribution in [0.4, 0.5) is 0 Å². The summed E-state index contributed by atoms with van der Waals surface area (Å²) >= 11 is 0. The standard InChI is InChI=1S/C13H13NO5/c15-11-6-5-10(13(18)14-11)8-1-3-9(4-2-8)19-7-12(16)17/h1-4,10H,5-7H2,(H,16,17)(H,14,15,18)/t10-/m0/s1. The lowest BCUT2D eigenvalue weighted by Gasteiger charge is -2.21. The molecule has 0 bridgehead atoms. The van der Waals surface area contributed by atoms with Crippen molar-refractivity contribution in [2.45, 2.75) is 18.8 Å². The highest BCUT2D eigenvalue weighted by Gasteiger charge is 2.27. The number of carbonyl (C=O) groups excluding carboxylic acids is 2. The van der Waals surface area contributed by atoms with E-state index in [1.165, 1.54) is 0 Å². The van der Waals surface area contributed by atoms with Crippen molar-refractivity contribution >= 4 is 17.8 Å². The van der Waals surface area contributed by atoms with Crippen LogP contribution in [0.3, 0.4) is 0 Å². The zero-order chi connectivity index (χ0) is 13.8. The van der Waals surface area contributed by atoms with Crippen LogP contribution in [0.1, 0.15) is 24.3 Å². The van der Waals surface area contributed by atoms with Gasteiger partial charge in [0, 0.05) is 6.42 Å². The van der Waals surface area contributed by atoms with Gasteiger partial charge in [-0.25, -0.2) is 4.79 Å². The van der Waals surface area contributed by atoms with Crippen molar-refractivity contribution in [2.75, 3.05) is 6.61 Å². The molecule has 1 heterocycles. The van der Waals surface area contributed by atoms with E-state index >= 15 is 0 Å². The molecular weight excluding hydrogens is 250 g/mol. The van der Waals surface area contributed by atoms with Crippen molar-refractivity contribution in [3.8, 4) is 5.75 Å². The highest BCUT2D eigenvalue weighted by molar-refractivity contribution is 6.00. The van der Waals surface area contributed by atoms with Gasteiger partial charge in [-0.2, -0.15) is 0 Å². The van der Waals surface area contributed by atoms with Gasteiger partial charge in [0.25, 0.3) is 0 Å². The number of carboxylic acid groups (broad SMARTS) is 1. The second-order valence-electron chi connectivity index (χ2n) is 4.26. The van der Waals surface area contributed by atoms with E-state index in [1.54, 1.807) is 24.3 Å². The topological polar surface area (TPSA) is 92.7 Å². The van der Waals surface area contributed by atoms with Gasteiger partial charge < -0.3 is 9.84 Å². The molecule has 2 amide bonds. The minimum Gasteiger partial charge on any atom is -0.482 e. The molecule has 2 N–H and O–H groups in total. The summed E-state index contributed by atoms with van der Waals surface area (Å²) in [4.78, 5) is 33.1. The van der Waals surface area contributed by atoms with E-state index in [1.807, 2.05) is 0 Å². The van der Waals surface area contributed by atoms with Crippen LogP contribution in [0.25, 0.3) is 0 Å². The molecule has 0 spiro atoms. The van der Waals surface area contributed by atoms with E-state index in [0.717, 1.165) is 5.56 Å². The number of nitrogens with one attached hydrogen (secondary N) is 1. The number of amides is 2. The van der Waals surface area contributed by atoms with Gasteiger partial charge in [0.05, 0.1) is 5.92 Å². The Balaban J connectivity index is 2.03. The first-order valence-electron chi connectivity index (χ1n) is 5.84. The summed E-state index contributed by atoms with van der Waals surface area (Å²) in [6.45, 7) is -0.405. The van der Waals surface area contributed by atoms with Gasteiger partial charge >= 0.3 is 5.97 Å². The third kappa shape index (κ3) is 3.31. The minimum atomic E-state index is -1.05. The van der Waals surface area contributed by atoms with Crippen molar-refractivity contribution in [3.63, 3.8) is 0 Å². The van der Waals surface area contributed by atoms with Gasteiger partial charge in [0.15, 0.2) is 6.61 Å². The van der Waals surface area contributed by atoms with Gasteiger partial charge in [-0.15, -0.1) is 0 Å². The molecule has 100 valence electrons. The van der Waals surface area contributed by atoms with E-state index in [2.05, 4.69) is 5.32 Å². The Morgan fingerprint density at radius 1 is 1.32 bits per heavy atom. The molecule has 0 radical (unpaired) electrons. The Labute approximate surface area is 109 Å². The summed E-state index contributed by atoms with van der Waals surface area (Å²) in [6, 6.07) is 6.64. The molecule has 0 saturated carbocycles. The van der Waals surface area contributed by atoms with E-state index < -0.39 is 12.6 Å². The molecule has 0 unspecified atom stereocenters. The van der Waals surface area contributed by atoms with Crippen molar-refractivity contribution in [1.82, 2.24) is 5.32 Å². The highest BCUT2D eigenvalue weighted by Crippen LogP contribution is 2.26. The summed E-state index contributed by atoms with van der Waals surface area (Å²) in [7, 11) is 0. The van der Waals surface area contributed by atoms with Crippen LogP contribution < -0.4 is 10.1 Å². The zero-order valence-electron chi connectivity index (χ0n) is 10.1. The van der Waals surface area contributed by atoms with Crippen LogP contribution in [-0.2, 0) is 14.4 Å². The summed E-state index contributed by atoms with van der Waals surface area (Å²) in [5, 5.41) is 10.8. The van der Waals surface area contributed by atoms with E-state index in [0.29, 0.717) is 18.6 Å². The van der Waals surface area contributed by atoms with Gasteiger partial charge in [-0.1, -0.05) is 12.1 Å². The summed E-state index contributed by atoms with van der Waals surface area (Å²) < 4.78 is 5.00. The maximum absolute atomic E-state index is 11.7. The summed E-state index contributed by atoms with van der Waals surface area (Å²) in [5.41, 5.74) is 0.785. The largest absolute Gasteiger partial charge is 0.482 e. The van der Waals surface area contributed by atoms with Crippen LogP contribution >= 0.6 is 0 Å². The number of carboxylic acids is 1. The zero-order valence-corrected chi connectivity index (χ0v) is 10.1. The van der Waals surface area contributed by atoms with Crippen LogP contribution in [-0.4, -0.2) is 29.5 Å². The molecule has 1 aromatic rings. The number of hydrogen-bond acceptors (Lipinski definition) is 4. The SMILES string of the molecule is O=C(O)COc1ccc([C@@H]2CCC(=O)NC2=O)cc1. The maximum Gasteiger partial charge on any atom is 0.341 e. The first-order chi connectivity index (χ1) is 9.06. The predicted octanol–water partition coefficient (Wildman–Crippen LogP) is 0.670. The fourth-order valence-corrected chi connectivity index (χ4v) is 1.95. The maximum atomic E-state index is 11.7. The third-order valence-corrected chi connectivity index (χ3v) is 2.88. The first-order valence-corrected chi connectivity index (χ1v) is 5.84. The van der Waals surface area contributed by atoms with Crippen LogP contribution in [0.5, 0.6) is 5.75 Å². The Morgan fingerprint density at radius 2 is 2.00 bits per heavy atom. The predicted molar refractivity (Wildman–Crippen MR) is 64.7 cm³/mol. The number of benzene rings is 1. The lowest BCUT2D eigenvalue weighted by molar-refractivity contribution is -0.139. The fraction of sp³-hybridized carbons (Fsp3) is 0.308. The Hall–Kier alpha value is -2.37. The smallest absolute Gasteiger partial charge is 0.341 e. The molecular formula is C13H13NO5. The average molecular weight is 263 g/mol. The number of imide groups is 1. The molecule has 6 nitrogen and oxygen atoms in total. The number of ether oxygens (including phenoxy) is 1. The van der Waals surface area contributed by atoms with Gasteiger partial charge in [0.2, 0.25) is 11.8 Å². The lowest BCUT2D eigenvalue weighted by Crippen LogP contribution is -2.39. The summed E-state index contributed by atoms with van der Waals surface area (Å²) in [5.74, 6) is -1.50. The van der Waals surface area contributed by atoms with E-state index in [-0.39, 0.29) is 17.7 Å². The van der Waals surface area contributed by atoms with Crippen molar-refractivity contribution in [3.05, 3.63) is 29.8 Å². The van der Waals surface area contributed by atoms with Crippen molar-refractivity contribution in [1.29, 1.82) is 0 Å². The molecule has 19 heavy (non-hydrogen) atoms. The molecule has 1 saturated heterocycles. The molecule has 1 atom stereocenters. The third-order valence-electron chi connectivity index (χ3n) is 2.88. The summed E-state index contributed by atoms with van der Waals surface area (Å²) in [6.07, 6.45) is 0.813. The molecule has 6 heteroatoms. The fourth-order valence-electron chi connectivity index (χ4n) is 1.95. The highest BCUT2D eigenvalue weighted by atomic mass is 16.5. The average Bonchev–Trinajstić information content (AvgIpc) is 2.37.